The number of amides is 3. The van der Waals surface area contributed by atoms with E-state index in [9.17, 15) is 27.6 Å². The maximum absolute atomic E-state index is 13.3. The van der Waals surface area contributed by atoms with Crippen LogP contribution in [0.4, 0.5) is 5.82 Å². The van der Waals surface area contributed by atoms with Crippen LogP contribution in [0.15, 0.2) is 71.8 Å². The number of sulfone groups is 1. The van der Waals surface area contributed by atoms with Crippen LogP contribution in [0.1, 0.15) is 16.8 Å². The molecule has 4 rings (SSSR count). The summed E-state index contributed by atoms with van der Waals surface area (Å²) in [7, 11) is -3.24. The van der Waals surface area contributed by atoms with Gasteiger partial charge in [0.15, 0.2) is 9.84 Å². The summed E-state index contributed by atoms with van der Waals surface area (Å²) in [6, 6.07) is 12.7. The number of carbonyl (C=O) groups excluding carboxylic acids is 3. The molecular formula is C25H24ClN5O6S. The predicted octanol–water partition coefficient (Wildman–Crippen LogP) is 1.27. The minimum atomic E-state index is -3.24. The zero-order chi connectivity index (χ0) is 27.3. The van der Waals surface area contributed by atoms with Crippen LogP contribution < -0.4 is 16.2 Å². The maximum atomic E-state index is 13.3. The van der Waals surface area contributed by atoms with Crippen molar-refractivity contribution in [3.05, 3.63) is 87.9 Å². The van der Waals surface area contributed by atoms with Gasteiger partial charge in [-0.05, 0) is 42.5 Å². The number of rotatable bonds is 7. The minimum Gasteiger partial charge on any atom is -0.340 e. The van der Waals surface area contributed by atoms with Crippen molar-refractivity contribution in [3.8, 4) is 5.69 Å². The van der Waals surface area contributed by atoms with Gasteiger partial charge in [-0.1, -0.05) is 17.7 Å². The van der Waals surface area contributed by atoms with Crippen LogP contribution >= 0.6 is 11.6 Å². The molecule has 1 unspecified atom stereocenters. The summed E-state index contributed by atoms with van der Waals surface area (Å²) in [6.45, 7) is -0.0666. The summed E-state index contributed by atoms with van der Waals surface area (Å²) in [5.74, 6) is -1.94. The number of pyridine rings is 2. The Morgan fingerprint density at radius 3 is 2.34 bits per heavy atom. The van der Waals surface area contributed by atoms with Gasteiger partial charge in [-0.2, -0.15) is 0 Å². The van der Waals surface area contributed by atoms with E-state index in [1.54, 1.807) is 30.5 Å². The van der Waals surface area contributed by atoms with Crippen LogP contribution in [-0.2, 0) is 19.4 Å². The Bertz CT molecular complexity index is 1490. The molecule has 11 nitrogen and oxygen atoms in total. The summed E-state index contributed by atoms with van der Waals surface area (Å²) in [4.78, 5) is 56.4. The molecule has 1 aromatic carbocycles. The maximum Gasteiger partial charge on any atom is 0.255 e. The Hall–Kier alpha value is -4.03. The van der Waals surface area contributed by atoms with Gasteiger partial charge in [0, 0.05) is 42.8 Å². The number of nitrogens with one attached hydrogen (secondary N) is 2. The van der Waals surface area contributed by atoms with Gasteiger partial charge in [0.05, 0.1) is 22.9 Å². The molecule has 2 aromatic heterocycles. The third-order valence-corrected chi connectivity index (χ3v) is 7.71. The van der Waals surface area contributed by atoms with E-state index in [4.69, 9.17) is 11.6 Å². The van der Waals surface area contributed by atoms with Crippen molar-refractivity contribution in [3.63, 3.8) is 0 Å². The third kappa shape index (κ3) is 6.84. The lowest BCUT2D eigenvalue weighted by Gasteiger charge is -2.30. The largest absolute Gasteiger partial charge is 0.340 e. The topological polar surface area (TPSA) is 148 Å². The highest BCUT2D eigenvalue weighted by atomic mass is 35.5. The molecule has 3 aromatic rings. The first kappa shape index (κ1) is 27.0. The van der Waals surface area contributed by atoms with Crippen molar-refractivity contribution in [2.45, 2.75) is 12.5 Å². The van der Waals surface area contributed by atoms with Crippen LogP contribution in [0.5, 0.6) is 0 Å². The number of hydrogen-bond donors (Lipinski definition) is 2. The molecule has 13 heteroatoms. The first-order chi connectivity index (χ1) is 18.1. The van der Waals surface area contributed by atoms with Gasteiger partial charge in [-0.3, -0.25) is 23.7 Å². The highest BCUT2D eigenvalue weighted by molar-refractivity contribution is 7.91. The quantitative estimate of drug-likeness (QED) is 0.444. The molecule has 0 radical (unpaired) electrons. The Morgan fingerprint density at radius 1 is 1.00 bits per heavy atom. The van der Waals surface area contributed by atoms with Crippen molar-refractivity contribution in [1.82, 2.24) is 19.8 Å². The molecule has 1 saturated heterocycles. The van der Waals surface area contributed by atoms with Gasteiger partial charge in [-0.15, -0.1) is 0 Å². The fraction of sp³-hybridized carbons (Fsp3) is 0.240. The van der Waals surface area contributed by atoms with Gasteiger partial charge in [-0.25, -0.2) is 13.4 Å². The van der Waals surface area contributed by atoms with Gasteiger partial charge >= 0.3 is 0 Å². The van der Waals surface area contributed by atoms with E-state index in [0.29, 0.717) is 10.7 Å². The number of aromatic nitrogens is 2. The minimum absolute atomic E-state index is 0.0333. The zero-order valence-corrected chi connectivity index (χ0v) is 21.6. The lowest BCUT2D eigenvalue weighted by atomic mass is 10.1. The molecule has 0 bridgehead atoms. The van der Waals surface area contributed by atoms with E-state index in [-0.39, 0.29) is 41.5 Å². The molecular weight excluding hydrogens is 534 g/mol. The number of halogens is 1. The summed E-state index contributed by atoms with van der Waals surface area (Å²) in [6.07, 6.45) is 2.54. The number of nitrogens with zero attached hydrogens (tertiary/aromatic N) is 3. The SMILES string of the molecule is O=C(CC(NC(=O)c1ccc(-n2ccccc2=O)cc1)C(=O)N1CCS(=O)(=O)CC1)Nc1ccc(Cl)cn1. The van der Waals surface area contributed by atoms with E-state index < -0.39 is 40.0 Å². The van der Waals surface area contributed by atoms with Crippen molar-refractivity contribution in [1.29, 1.82) is 0 Å². The number of anilines is 1. The average molecular weight is 558 g/mol. The molecule has 38 heavy (non-hydrogen) atoms. The molecule has 0 aliphatic carbocycles. The van der Waals surface area contributed by atoms with Gasteiger partial charge in [0.25, 0.3) is 11.5 Å². The fourth-order valence-electron chi connectivity index (χ4n) is 3.84. The standard InChI is InChI=1S/C25H24ClN5O6S/c26-18-6-9-21(27-16-18)29-22(32)15-20(25(35)30-11-13-38(36,37)14-12-30)28-24(34)17-4-7-19(8-5-17)31-10-2-1-3-23(31)33/h1-10,16,20H,11-15H2,(H,28,34)(H,27,29,32). The molecule has 2 N–H and O–H groups in total. The molecule has 1 atom stereocenters. The monoisotopic (exact) mass is 557 g/mol. The Morgan fingerprint density at radius 2 is 1.71 bits per heavy atom. The first-order valence-electron chi connectivity index (χ1n) is 11.6. The second-order valence-corrected chi connectivity index (χ2v) is 11.3. The smallest absolute Gasteiger partial charge is 0.255 e. The second kappa shape index (κ2) is 11.6. The first-order valence-corrected chi connectivity index (χ1v) is 13.8. The molecule has 198 valence electrons. The molecule has 3 heterocycles. The van der Waals surface area contributed by atoms with Crippen molar-refractivity contribution >= 4 is 45.0 Å². The number of benzene rings is 1. The lowest BCUT2D eigenvalue weighted by molar-refractivity contribution is -0.134. The fourth-order valence-corrected chi connectivity index (χ4v) is 5.15. The van der Waals surface area contributed by atoms with Crippen LogP contribution in [0.3, 0.4) is 0 Å². The molecule has 1 fully saturated rings. The predicted molar refractivity (Wildman–Crippen MR) is 141 cm³/mol. The third-order valence-electron chi connectivity index (χ3n) is 5.87. The van der Waals surface area contributed by atoms with Crippen LogP contribution in [0, 0.1) is 0 Å². The Kier molecular flexibility index (Phi) is 8.23. The molecule has 0 saturated carbocycles. The number of hydrogen-bond acceptors (Lipinski definition) is 7. The van der Waals surface area contributed by atoms with Gasteiger partial charge in [0.1, 0.15) is 11.9 Å². The van der Waals surface area contributed by atoms with Crippen LogP contribution in [-0.4, -0.2) is 71.2 Å². The number of carbonyl (C=O) groups is 3. The van der Waals surface area contributed by atoms with Crippen molar-refractivity contribution in [2.75, 3.05) is 29.9 Å². The van der Waals surface area contributed by atoms with Crippen LogP contribution in [0.25, 0.3) is 5.69 Å². The Balaban J connectivity index is 1.50. The van der Waals surface area contributed by atoms with Crippen molar-refractivity contribution < 1.29 is 22.8 Å². The zero-order valence-electron chi connectivity index (χ0n) is 20.0. The second-order valence-electron chi connectivity index (χ2n) is 8.57. The lowest BCUT2D eigenvalue weighted by Crippen LogP contribution is -2.53. The highest BCUT2D eigenvalue weighted by Crippen LogP contribution is 2.13. The van der Waals surface area contributed by atoms with Crippen molar-refractivity contribution in [2.24, 2.45) is 0 Å². The highest BCUT2D eigenvalue weighted by Gasteiger charge is 2.32. The molecule has 1 aliphatic rings. The van der Waals surface area contributed by atoms with Gasteiger partial charge < -0.3 is 15.5 Å². The van der Waals surface area contributed by atoms with Gasteiger partial charge in [0.2, 0.25) is 11.8 Å². The molecule has 3 amide bonds. The summed E-state index contributed by atoms with van der Waals surface area (Å²) in [5.41, 5.74) is 0.515. The normalized spacial score (nSPS) is 15.3. The summed E-state index contributed by atoms with van der Waals surface area (Å²) in [5, 5.41) is 5.53. The average Bonchev–Trinajstić information content (AvgIpc) is 2.89. The van der Waals surface area contributed by atoms with E-state index in [0.717, 1.165) is 0 Å². The van der Waals surface area contributed by atoms with E-state index in [1.165, 1.54) is 46.0 Å². The Labute approximate surface area is 223 Å². The molecule has 0 spiro atoms. The van der Waals surface area contributed by atoms with Crippen LogP contribution in [0.2, 0.25) is 5.02 Å². The van der Waals surface area contributed by atoms with E-state index >= 15 is 0 Å². The molecule has 1 aliphatic heterocycles. The van der Waals surface area contributed by atoms with E-state index in [1.807, 2.05) is 0 Å². The summed E-state index contributed by atoms with van der Waals surface area (Å²) >= 11 is 5.82. The van der Waals surface area contributed by atoms with E-state index in [2.05, 4.69) is 15.6 Å². The summed E-state index contributed by atoms with van der Waals surface area (Å²) < 4.78 is 25.0.